The first-order valence-electron chi connectivity index (χ1n) is 12.3. The highest BCUT2D eigenvalue weighted by Crippen LogP contribution is 2.24. The molecule has 4 aromatic rings. The zero-order valence-electron chi connectivity index (χ0n) is 21.2. The Kier molecular flexibility index (Phi) is 8.23. The van der Waals surface area contributed by atoms with Gasteiger partial charge < -0.3 is 37.3 Å². The summed E-state index contributed by atoms with van der Waals surface area (Å²) in [7, 11) is 0. The lowest BCUT2D eigenvalue weighted by Crippen LogP contribution is -2.41. The normalized spacial score (nSPS) is 11.6. The quantitative estimate of drug-likeness (QED) is 0.145. The first kappa shape index (κ1) is 27.6. The van der Waals surface area contributed by atoms with Crippen LogP contribution >= 0.6 is 0 Å². The number of aliphatic carboxylic acids is 1. The Bertz CT molecular complexity index is 1580. The summed E-state index contributed by atoms with van der Waals surface area (Å²) < 4.78 is 0. The van der Waals surface area contributed by atoms with E-state index in [4.69, 9.17) is 16.6 Å². The summed E-state index contributed by atoms with van der Waals surface area (Å²) in [6.07, 6.45) is 2.71. The topological polar surface area (TPSA) is 226 Å². The van der Waals surface area contributed by atoms with Crippen LogP contribution in [0.1, 0.15) is 44.7 Å². The van der Waals surface area contributed by atoms with Gasteiger partial charge in [-0.1, -0.05) is 18.2 Å². The predicted octanol–water partition coefficient (Wildman–Crippen LogP) is 2.21. The Balaban J connectivity index is 1.31. The molecule has 0 aliphatic carbocycles. The number of amides is 2. The number of aromatic nitrogens is 3. The van der Waals surface area contributed by atoms with Crippen LogP contribution in [0.2, 0.25) is 0 Å². The number of benzene rings is 2. The average molecular weight is 546 g/mol. The third-order valence-corrected chi connectivity index (χ3v) is 6.21. The molecule has 0 saturated carbocycles. The van der Waals surface area contributed by atoms with E-state index in [-0.39, 0.29) is 35.6 Å². The standard InChI is InChI=1S/C27H27N7O6/c28-22-21-17(13-30-23(21)34-27(29)33-22)9-6-14-4-7-15(8-5-14)24(36)32-19(26(39)40)10-11-20(35)31-18-3-1-2-16(12-18)25(37)38/h1-5,7-8,12-13,19H,6,9-11H2,(H,31,35)(H,32,36)(H,37,38)(H,39,40)(H5,28,29,30,33,34)/t19-/m0/s1. The number of carbonyl (C=O) groups is 4. The number of fused-ring (bicyclic) bond motifs is 1. The number of nitrogen functional groups attached to an aromatic ring is 2. The molecule has 9 N–H and O–H groups in total. The van der Waals surface area contributed by atoms with Gasteiger partial charge in [0.25, 0.3) is 5.91 Å². The van der Waals surface area contributed by atoms with E-state index in [1.807, 2.05) is 0 Å². The molecule has 0 spiro atoms. The lowest BCUT2D eigenvalue weighted by Gasteiger charge is -2.15. The second-order valence-corrected chi connectivity index (χ2v) is 9.04. The smallest absolute Gasteiger partial charge is 0.335 e. The molecule has 0 fully saturated rings. The highest BCUT2D eigenvalue weighted by Gasteiger charge is 2.22. The number of rotatable bonds is 11. The summed E-state index contributed by atoms with van der Waals surface area (Å²) >= 11 is 0. The van der Waals surface area contributed by atoms with E-state index in [0.717, 1.165) is 11.1 Å². The number of hydrogen-bond acceptors (Lipinski definition) is 8. The molecule has 0 unspecified atom stereocenters. The van der Waals surface area contributed by atoms with E-state index in [1.54, 1.807) is 30.5 Å². The molecule has 40 heavy (non-hydrogen) atoms. The average Bonchev–Trinajstić information content (AvgIpc) is 3.33. The van der Waals surface area contributed by atoms with Crippen LogP contribution in [-0.4, -0.2) is 55.0 Å². The predicted molar refractivity (Wildman–Crippen MR) is 147 cm³/mol. The maximum absolute atomic E-state index is 12.7. The van der Waals surface area contributed by atoms with E-state index in [0.29, 0.717) is 29.7 Å². The maximum atomic E-state index is 12.7. The second-order valence-electron chi connectivity index (χ2n) is 9.04. The fraction of sp³-hybridized carbons (Fsp3) is 0.185. The van der Waals surface area contributed by atoms with E-state index in [9.17, 15) is 24.3 Å². The van der Waals surface area contributed by atoms with Gasteiger partial charge in [-0.2, -0.15) is 9.97 Å². The molecule has 2 aromatic heterocycles. The maximum Gasteiger partial charge on any atom is 0.335 e. The van der Waals surface area contributed by atoms with Crippen molar-refractivity contribution < 1.29 is 29.4 Å². The fourth-order valence-electron chi connectivity index (χ4n) is 4.17. The van der Waals surface area contributed by atoms with Crippen LogP contribution in [0.3, 0.4) is 0 Å². The number of carboxylic acids is 2. The molecule has 4 rings (SSSR count). The summed E-state index contributed by atoms with van der Waals surface area (Å²) in [5.74, 6) is -3.15. The minimum Gasteiger partial charge on any atom is -0.480 e. The van der Waals surface area contributed by atoms with Crippen molar-refractivity contribution in [1.29, 1.82) is 0 Å². The molecule has 2 heterocycles. The number of anilines is 3. The van der Waals surface area contributed by atoms with Crippen molar-refractivity contribution >= 4 is 52.2 Å². The fourth-order valence-corrected chi connectivity index (χ4v) is 4.17. The molecule has 13 heteroatoms. The SMILES string of the molecule is Nc1nc(N)c2c(CCc3ccc(C(=O)N[C@@H](CCC(=O)Nc4cccc(C(=O)O)c4)C(=O)O)cc3)c[nH]c2n1. The second kappa shape index (κ2) is 11.9. The van der Waals surface area contributed by atoms with Crippen LogP contribution in [0, 0.1) is 0 Å². The Morgan fingerprint density at radius 2 is 1.70 bits per heavy atom. The van der Waals surface area contributed by atoms with Crippen molar-refractivity contribution in [1.82, 2.24) is 20.3 Å². The number of carboxylic acid groups (broad SMARTS) is 2. The molecule has 13 nitrogen and oxygen atoms in total. The Hall–Kier alpha value is -5.46. The summed E-state index contributed by atoms with van der Waals surface area (Å²) in [5, 5.41) is 24.3. The van der Waals surface area contributed by atoms with Gasteiger partial charge in [0, 0.05) is 23.9 Å². The number of aromatic carboxylic acids is 1. The van der Waals surface area contributed by atoms with Gasteiger partial charge >= 0.3 is 11.9 Å². The summed E-state index contributed by atoms with van der Waals surface area (Å²) in [4.78, 5) is 58.9. The molecule has 2 aromatic carbocycles. The summed E-state index contributed by atoms with van der Waals surface area (Å²) in [6.45, 7) is 0. The third-order valence-electron chi connectivity index (χ3n) is 6.21. The molecule has 0 aliphatic heterocycles. The van der Waals surface area contributed by atoms with Crippen LogP contribution in [0.4, 0.5) is 17.5 Å². The van der Waals surface area contributed by atoms with E-state index >= 15 is 0 Å². The van der Waals surface area contributed by atoms with E-state index in [1.165, 1.54) is 24.3 Å². The van der Waals surface area contributed by atoms with Gasteiger partial charge in [-0.05, 0) is 60.7 Å². The van der Waals surface area contributed by atoms with Crippen LogP contribution in [0.5, 0.6) is 0 Å². The molecular weight excluding hydrogens is 518 g/mol. The summed E-state index contributed by atoms with van der Waals surface area (Å²) in [5.41, 5.74) is 14.6. The van der Waals surface area contributed by atoms with Crippen molar-refractivity contribution in [3.8, 4) is 0 Å². The zero-order chi connectivity index (χ0) is 28.8. The van der Waals surface area contributed by atoms with Crippen LogP contribution < -0.4 is 22.1 Å². The van der Waals surface area contributed by atoms with Gasteiger partial charge in [-0.3, -0.25) is 9.59 Å². The largest absolute Gasteiger partial charge is 0.480 e. The molecule has 0 saturated heterocycles. The highest BCUT2D eigenvalue weighted by molar-refractivity contribution is 5.97. The van der Waals surface area contributed by atoms with Crippen molar-refractivity contribution in [2.75, 3.05) is 16.8 Å². The van der Waals surface area contributed by atoms with E-state index in [2.05, 4.69) is 25.6 Å². The van der Waals surface area contributed by atoms with Crippen molar-refractivity contribution in [3.63, 3.8) is 0 Å². The highest BCUT2D eigenvalue weighted by atomic mass is 16.4. The molecule has 0 radical (unpaired) electrons. The van der Waals surface area contributed by atoms with Gasteiger partial charge in [-0.15, -0.1) is 0 Å². The van der Waals surface area contributed by atoms with Crippen LogP contribution in [0.15, 0.2) is 54.7 Å². The van der Waals surface area contributed by atoms with Gasteiger partial charge in [0.05, 0.1) is 10.9 Å². The molecule has 0 bridgehead atoms. The number of aromatic amines is 1. The molecular formula is C27H27N7O6. The number of H-pyrrole nitrogens is 1. The van der Waals surface area contributed by atoms with Gasteiger partial charge in [-0.25, -0.2) is 9.59 Å². The van der Waals surface area contributed by atoms with E-state index < -0.39 is 29.8 Å². The molecule has 206 valence electrons. The lowest BCUT2D eigenvalue weighted by atomic mass is 10.0. The Labute approximate surface area is 227 Å². The van der Waals surface area contributed by atoms with Crippen LogP contribution in [0.25, 0.3) is 11.0 Å². The first-order chi connectivity index (χ1) is 19.1. The number of nitrogens with two attached hydrogens (primary N) is 2. The van der Waals surface area contributed by atoms with Crippen molar-refractivity contribution in [3.05, 3.63) is 77.0 Å². The third kappa shape index (κ3) is 6.69. The number of aryl methyl sites for hydroxylation is 2. The van der Waals surface area contributed by atoms with Gasteiger partial charge in [0.2, 0.25) is 11.9 Å². The Morgan fingerprint density at radius 3 is 2.40 bits per heavy atom. The number of nitrogens with zero attached hydrogens (tertiary/aromatic N) is 2. The number of nitrogens with one attached hydrogen (secondary N) is 3. The van der Waals surface area contributed by atoms with Gasteiger partial charge in [0.15, 0.2) is 0 Å². The molecule has 1 atom stereocenters. The van der Waals surface area contributed by atoms with Crippen LogP contribution in [-0.2, 0) is 22.4 Å². The zero-order valence-corrected chi connectivity index (χ0v) is 21.2. The number of hydrogen-bond donors (Lipinski definition) is 7. The first-order valence-corrected chi connectivity index (χ1v) is 12.3. The minimum absolute atomic E-state index is 0.00219. The minimum atomic E-state index is -1.30. The lowest BCUT2D eigenvalue weighted by molar-refractivity contribution is -0.139. The Morgan fingerprint density at radius 1 is 0.950 bits per heavy atom. The molecule has 0 aliphatic rings. The van der Waals surface area contributed by atoms with Gasteiger partial charge in [0.1, 0.15) is 17.5 Å². The summed E-state index contributed by atoms with van der Waals surface area (Å²) in [6, 6.07) is 11.1. The monoisotopic (exact) mass is 545 g/mol. The van der Waals surface area contributed by atoms with Crippen molar-refractivity contribution in [2.24, 2.45) is 0 Å². The number of carbonyl (C=O) groups excluding carboxylic acids is 2. The molecule has 2 amide bonds. The van der Waals surface area contributed by atoms with Crippen molar-refractivity contribution in [2.45, 2.75) is 31.7 Å².